The highest BCUT2D eigenvalue weighted by Crippen LogP contribution is 2.21. The maximum absolute atomic E-state index is 13.5. The summed E-state index contributed by atoms with van der Waals surface area (Å²) in [7, 11) is 0. The van der Waals surface area contributed by atoms with E-state index < -0.39 is 0 Å². The zero-order valence-electron chi connectivity index (χ0n) is 17.0. The van der Waals surface area contributed by atoms with Gasteiger partial charge in [-0.2, -0.15) is 0 Å². The lowest BCUT2D eigenvalue weighted by Crippen LogP contribution is -2.41. The topological polar surface area (TPSA) is 66.6 Å². The van der Waals surface area contributed by atoms with Crippen molar-refractivity contribution in [2.24, 2.45) is 0 Å². The Hall–Kier alpha value is -2.92. The van der Waals surface area contributed by atoms with Crippen LogP contribution in [0.25, 0.3) is 6.08 Å². The highest BCUT2D eigenvalue weighted by Gasteiger charge is 2.24. The predicted molar refractivity (Wildman–Crippen MR) is 119 cm³/mol. The zero-order valence-corrected chi connectivity index (χ0v) is 17.0. The Bertz CT molecular complexity index is 871. The summed E-state index contributed by atoms with van der Waals surface area (Å²) in [6.45, 7) is 4.88. The molecule has 0 aromatic heterocycles. The number of hydrogen-bond donors (Lipinski definition) is 1. The molecule has 0 radical (unpaired) electrons. The first kappa shape index (κ1) is 20.8. The van der Waals surface area contributed by atoms with Crippen LogP contribution in [0.2, 0.25) is 0 Å². The number of nitrogens with two attached hydrogens (primary N) is 1. The fourth-order valence-corrected chi connectivity index (χ4v) is 3.64. The van der Waals surface area contributed by atoms with Gasteiger partial charge in [0, 0.05) is 24.5 Å². The lowest BCUT2D eigenvalue weighted by Gasteiger charge is -2.30. The van der Waals surface area contributed by atoms with Crippen LogP contribution in [0.5, 0.6) is 0 Å². The molecule has 1 saturated heterocycles. The van der Waals surface area contributed by atoms with Gasteiger partial charge in [-0.05, 0) is 62.7 Å². The van der Waals surface area contributed by atoms with Crippen LogP contribution in [0.4, 0.5) is 11.4 Å². The maximum Gasteiger partial charge on any atom is 0.261 e. The van der Waals surface area contributed by atoms with E-state index in [2.05, 4.69) is 4.90 Å². The second-order valence-electron chi connectivity index (χ2n) is 7.44. The average molecular weight is 392 g/mol. The number of piperidine rings is 1. The van der Waals surface area contributed by atoms with Gasteiger partial charge in [0.2, 0.25) is 0 Å². The van der Waals surface area contributed by atoms with E-state index in [9.17, 15) is 9.59 Å². The fraction of sp³-hybridized carbons (Fsp3) is 0.333. The molecule has 1 heterocycles. The van der Waals surface area contributed by atoms with Crippen molar-refractivity contribution in [1.82, 2.24) is 4.90 Å². The number of Topliss-reactive ketones (excluding diaryl/α,β-unsaturated/α-hetero) is 1. The van der Waals surface area contributed by atoms with Gasteiger partial charge in [0.25, 0.3) is 5.91 Å². The first-order valence-electron chi connectivity index (χ1n) is 10.2. The zero-order chi connectivity index (χ0) is 20.6. The van der Waals surface area contributed by atoms with Crippen LogP contribution in [0.3, 0.4) is 0 Å². The number of likely N-dealkylation sites (tertiary alicyclic amines) is 1. The number of amides is 1. The van der Waals surface area contributed by atoms with E-state index in [4.69, 9.17) is 5.73 Å². The number of rotatable bonds is 7. The number of ketones is 1. The van der Waals surface area contributed by atoms with Crippen LogP contribution in [-0.2, 0) is 9.59 Å². The van der Waals surface area contributed by atoms with E-state index in [1.165, 1.54) is 26.2 Å². The minimum atomic E-state index is -0.288. The number of hydrogen-bond acceptors (Lipinski definition) is 4. The summed E-state index contributed by atoms with van der Waals surface area (Å²) in [5, 5.41) is 0. The molecule has 29 heavy (non-hydrogen) atoms. The van der Waals surface area contributed by atoms with Crippen molar-refractivity contribution >= 4 is 29.1 Å². The molecular formula is C24H29N3O2. The number of benzene rings is 2. The molecule has 0 spiro atoms. The van der Waals surface area contributed by atoms with Crippen molar-refractivity contribution in [2.45, 2.75) is 26.2 Å². The van der Waals surface area contributed by atoms with Crippen LogP contribution in [0.15, 0.2) is 60.2 Å². The second kappa shape index (κ2) is 10.0. The van der Waals surface area contributed by atoms with Crippen LogP contribution >= 0.6 is 0 Å². The van der Waals surface area contributed by atoms with Crippen molar-refractivity contribution in [3.63, 3.8) is 0 Å². The highest BCUT2D eigenvalue weighted by molar-refractivity contribution is 6.26. The van der Waals surface area contributed by atoms with Gasteiger partial charge < -0.3 is 15.5 Å². The third kappa shape index (κ3) is 5.55. The van der Waals surface area contributed by atoms with Gasteiger partial charge in [-0.15, -0.1) is 0 Å². The molecule has 5 heteroatoms. The highest BCUT2D eigenvalue weighted by atomic mass is 16.2. The van der Waals surface area contributed by atoms with Crippen LogP contribution in [0, 0.1) is 0 Å². The Morgan fingerprint density at radius 3 is 2.31 bits per heavy atom. The third-order valence-electron chi connectivity index (χ3n) is 5.31. The van der Waals surface area contributed by atoms with E-state index in [0.717, 1.165) is 25.3 Å². The molecule has 1 aliphatic heterocycles. The molecule has 0 aliphatic carbocycles. The lowest BCUT2D eigenvalue weighted by molar-refractivity contribution is -0.120. The quantitative estimate of drug-likeness (QED) is 0.338. The van der Waals surface area contributed by atoms with Crippen molar-refractivity contribution in [2.75, 3.05) is 36.8 Å². The minimum Gasteiger partial charge on any atom is -0.398 e. The number of anilines is 2. The third-order valence-corrected chi connectivity index (χ3v) is 5.31. The molecule has 0 atom stereocenters. The number of carbonyl (C=O) groups excluding carboxylic acids is 2. The Labute approximate surface area is 172 Å². The standard InChI is InChI=1S/C24H29N3O2/c1-19(28)22(18-20-10-6-7-13-23(20)25)24(29)27(21-11-4-2-5-12-21)17-16-26-14-8-3-9-15-26/h2,4-7,10-13,18H,3,8-9,14-17,25H2,1H3. The molecule has 2 N–H and O–H groups in total. The number of nitrogens with zero attached hydrogens (tertiary/aromatic N) is 2. The van der Waals surface area contributed by atoms with Gasteiger partial charge in [-0.25, -0.2) is 0 Å². The molecule has 0 bridgehead atoms. The average Bonchev–Trinajstić information content (AvgIpc) is 2.74. The predicted octanol–water partition coefficient (Wildman–Crippen LogP) is 3.76. The Morgan fingerprint density at radius 1 is 1.00 bits per heavy atom. The largest absolute Gasteiger partial charge is 0.398 e. The van der Waals surface area contributed by atoms with Crippen LogP contribution in [0.1, 0.15) is 31.7 Å². The van der Waals surface area contributed by atoms with E-state index in [1.54, 1.807) is 17.0 Å². The van der Waals surface area contributed by atoms with Crippen molar-refractivity contribution in [3.8, 4) is 0 Å². The van der Waals surface area contributed by atoms with E-state index in [-0.39, 0.29) is 17.3 Å². The Balaban J connectivity index is 1.88. The number of para-hydroxylation sites is 2. The SMILES string of the molecule is CC(=O)C(=Cc1ccccc1N)C(=O)N(CCN1CCCCC1)c1ccccc1. The number of carbonyl (C=O) groups is 2. The van der Waals surface area contributed by atoms with Crippen LogP contribution in [-0.4, -0.2) is 42.8 Å². The van der Waals surface area contributed by atoms with Gasteiger partial charge in [0.05, 0.1) is 5.57 Å². The Kier molecular flexibility index (Phi) is 7.19. The van der Waals surface area contributed by atoms with Gasteiger partial charge in [0.15, 0.2) is 5.78 Å². The smallest absolute Gasteiger partial charge is 0.261 e. The summed E-state index contributed by atoms with van der Waals surface area (Å²) in [4.78, 5) is 29.9. The first-order valence-corrected chi connectivity index (χ1v) is 10.2. The first-order chi connectivity index (χ1) is 14.1. The summed E-state index contributed by atoms with van der Waals surface area (Å²) in [6, 6.07) is 16.8. The summed E-state index contributed by atoms with van der Waals surface area (Å²) in [6.07, 6.45) is 5.28. The van der Waals surface area contributed by atoms with Gasteiger partial charge in [-0.1, -0.05) is 42.8 Å². The molecule has 152 valence electrons. The van der Waals surface area contributed by atoms with E-state index in [1.807, 2.05) is 48.5 Å². The molecule has 3 rings (SSSR count). The lowest BCUT2D eigenvalue weighted by atomic mass is 10.0. The maximum atomic E-state index is 13.5. The summed E-state index contributed by atoms with van der Waals surface area (Å²) < 4.78 is 0. The summed E-state index contributed by atoms with van der Waals surface area (Å²) in [5.41, 5.74) is 8.18. The molecule has 5 nitrogen and oxygen atoms in total. The fourth-order valence-electron chi connectivity index (χ4n) is 3.64. The molecule has 1 fully saturated rings. The summed E-state index contributed by atoms with van der Waals surface area (Å²) >= 11 is 0. The monoisotopic (exact) mass is 391 g/mol. The summed E-state index contributed by atoms with van der Waals surface area (Å²) in [5.74, 6) is -0.555. The number of nitrogen functional groups attached to an aromatic ring is 1. The van der Waals surface area contributed by atoms with Crippen molar-refractivity contribution < 1.29 is 9.59 Å². The molecule has 2 aromatic rings. The molecule has 2 aromatic carbocycles. The van der Waals surface area contributed by atoms with Crippen LogP contribution < -0.4 is 10.6 Å². The Morgan fingerprint density at radius 2 is 1.66 bits per heavy atom. The van der Waals surface area contributed by atoms with Gasteiger partial charge in [-0.3, -0.25) is 9.59 Å². The van der Waals surface area contributed by atoms with E-state index in [0.29, 0.717) is 17.8 Å². The molecule has 1 aliphatic rings. The van der Waals surface area contributed by atoms with Gasteiger partial charge in [0.1, 0.15) is 0 Å². The minimum absolute atomic E-state index is 0.144. The van der Waals surface area contributed by atoms with E-state index >= 15 is 0 Å². The molecule has 0 saturated carbocycles. The van der Waals surface area contributed by atoms with Crippen molar-refractivity contribution in [1.29, 1.82) is 0 Å². The molecule has 0 unspecified atom stereocenters. The second-order valence-corrected chi connectivity index (χ2v) is 7.44. The molecule has 1 amide bonds. The normalized spacial score (nSPS) is 15.1. The molecular weight excluding hydrogens is 362 g/mol. The van der Waals surface area contributed by atoms with Gasteiger partial charge >= 0.3 is 0 Å². The van der Waals surface area contributed by atoms with Crippen molar-refractivity contribution in [3.05, 3.63) is 65.7 Å².